The average molecular weight is 220 g/mol. The van der Waals surface area contributed by atoms with E-state index in [1.807, 2.05) is 5.32 Å². The Morgan fingerprint density at radius 1 is 1.50 bits per heavy atom. The van der Waals surface area contributed by atoms with Gasteiger partial charge < -0.3 is 5.32 Å². The van der Waals surface area contributed by atoms with Crippen LogP contribution in [-0.2, 0) is 4.79 Å². The van der Waals surface area contributed by atoms with E-state index in [4.69, 9.17) is 11.6 Å². The van der Waals surface area contributed by atoms with Crippen LogP contribution in [0.4, 0.5) is 14.5 Å². The average Bonchev–Trinajstić information content (AvgIpc) is 2.18. The second kappa shape index (κ2) is 4.37. The molecule has 0 spiro atoms. The minimum Gasteiger partial charge on any atom is -0.320 e. The van der Waals surface area contributed by atoms with Crippen molar-refractivity contribution in [2.45, 2.75) is 6.92 Å². The predicted molar refractivity (Wildman–Crippen MR) is 50.4 cm³/mol. The molecule has 0 aliphatic carbocycles. The van der Waals surface area contributed by atoms with Crippen molar-refractivity contribution >= 4 is 23.2 Å². The minimum atomic E-state index is -0.813. The Morgan fingerprint density at radius 2 is 2.14 bits per heavy atom. The molecule has 1 amide bonds. The van der Waals surface area contributed by atoms with Gasteiger partial charge in [0.2, 0.25) is 5.91 Å². The highest BCUT2D eigenvalue weighted by Crippen LogP contribution is 2.21. The van der Waals surface area contributed by atoms with E-state index in [1.54, 1.807) is 0 Å². The normalized spacial score (nSPS) is 10.0. The molecule has 1 N–H and O–H groups in total. The molecule has 0 aliphatic rings. The van der Waals surface area contributed by atoms with Gasteiger partial charge in [-0.05, 0) is 18.6 Å². The van der Waals surface area contributed by atoms with Gasteiger partial charge >= 0.3 is 0 Å². The zero-order chi connectivity index (χ0) is 10.7. The van der Waals surface area contributed by atoms with Crippen molar-refractivity contribution in [2.75, 3.05) is 11.2 Å². The molecule has 0 fully saturated rings. The lowest BCUT2D eigenvalue weighted by molar-refractivity contribution is -0.114. The highest BCUT2D eigenvalue weighted by Gasteiger charge is 2.13. The van der Waals surface area contributed by atoms with Crippen LogP contribution in [0.5, 0.6) is 0 Å². The van der Waals surface area contributed by atoms with Crippen LogP contribution in [-0.4, -0.2) is 11.8 Å². The van der Waals surface area contributed by atoms with Crippen molar-refractivity contribution in [2.24, 2.45) is 0 Å². The van der Waals surface area contributed by atoms with E-state index in [-0.39, 0.29) is 11.4 Å². The first kappa shape index (κ1) is 10.9. The second-order valence-corrected chi connectivity index (χ2v) is 3.00. The van der Waals surface area contributed by atoms with Gasteiger partial charge in [-0.15, -0.1) is 11.6 Å². The summed E-state index contributed by atoms with van der Waals surface area (Å²) in [5.74, 6) is -2.57. The standard InChI is InChI=1S/C9H8ClF2NO/c1-5-2-3-6(11)9(8(5)12)13-7(14)4-10/h2-3H,4H2,1H3,(H,13,14). The maximum absolute atomic E-state index is 13.3. The van der Waals surface area contributed by atoms with Gasteiger partial charge in [0.1, 0.15) is 17.4 Å². The maximum atomic E-state index is 13.3. The van der Waals surface area contributed by atoms with Crippen molar-refractivity contribution in [1.29, 1.82) is 0 Å². The highest BCUT2D eigenvalue weighted by atomic mass is 35.5. The zero-order valence-corrected chi connectivity index (χ0v) is 8.16. The zero-order valence-electron chi connectivity index (χ0n) is 7.40. The number of amides is 1. The Hall–Kier alpha value is -1.16. The fraction of sp³-hybridized carbons (Fsp3) is 0.222. The Morgan fingerprint density at radius 3 is 2.71 bits per heavy atom. The molecule has 14 heavy (non-hydrogen) atoms. The summed E-state index contributed by atoms with van der Waals surface area (Å²) in [6.45, 7) is 1.48. The molecule has 0 unspecified atom stereocenters. The lowest BCUT2D eigenvalue weighted by Gasteiger charge is -2.07. The van der Waals surface area contributed by atoms with E-state index < -0.39 is 23.2 Å². The van der Waals surface area contributed by atoms with Crippen LogP contribution in [0.3, 0.4) is 0 Å². The van der Waals surface area contributed by atoms with E-state index in [2.05, 4.69) is 0 Å². The molecule has 0 aromatic heterocycles. The van der Waals surface area contributed by atoms with E-state index in [9.17, 15) is 13.6 Å². The fourth-order valence-electron chi connectivity index (χ4n) is 0.944. The fourth-order valence-corrected chi connectivity index (χ4v) is 1.01. The molecule has 0 aliphatic heterocycles. The van der Waals surface area contributed by atoms with Crippen molar-refractivity contribution in [3.63, 3.8) is 0 Å². The molecule has 1 aromatic rings. The van der Waals surface area contributed by atoms with Crippen LogP contribution < -0.4 is 5.32 Å². The van der Waals surface area contributed by atoms with Gasteiger partial charge in [-0.2, -0.15) is 0 Å². The van der Waals surface area contributed by atoms with Gasteiger partial charge in [0.25, 0.3) is 0 Å². The molecule has 0 radical (unpaired) electrons. The molecular formula is C9H8ClF2NO. The molecule has 0 atom stereocenters. The van der Waals surface area contributed by atoms with E-state index >= 15 is 0 Å². The minimum absolute atomic E-state index is 0.260. The molecule has 1 aromatic carbocycles. The molecule has 76 valence electrons. The summed E-state index contributed by atoms with van der Waals surface area (Å²) in [6.07, 6.45) is 0. The third-order valence-corrected chi connectivity index (χ3v) is 1.91. The predicted octanol–water partition coefficient (Wildman–Crippen LogP) is 2.45. The summed E-state index contributed by atoms with van der Waals surface area (Å²) < 4.78 is 26.3. The maximum Gasteiger partial charge on any atom is 0.239 e. The Labute approximate surface area is 84.9 Å². The lowest BCUT2D eigenvalue weighted by atomic mass is 10.2. The largest absolute Gasteiger partial charge is 0.320 e. The number of nitrogens with one attached hydrogen (secondary N) is 1. The van der Waals surface area contributed by atoms with Crippen LogP contribution >= 0.6 is 11.6 Å². The quantitative estimate of drug-likeness (QED) is 0.761. The molecule has 2 nitrogen and oxygen atoms in total. The SMILES string of the molecule is Cc1ccc(F)c(NC(=O)CCl)c1F. The number of aryl methyl sites for hydroxylation is 1. The van der Waals surface area contributed by atoms with E-state index in [1.165, 1.54) is 13.0 Å². The molecule has 5 heteroatoms. The van der Waals surface area contributed by atoms with Crippen LogP contribution in [0.25, 0.3) is 0 Å². The van der Waals surface area contributed by atoms with Crippen LogP contribution in [0, 0.1) is 18.6 Å². The summed E-state index contributed by atoms with van der Waals surface area (Å²) in [6, 6.07) is 2.38. The van der Waals surface area contributed by atoms with Crippen molar-refractivity contribution < 1.29 is 13.6 Å². The van der Waals surface area contributed by atoms with Crippen LogP contribution in [0.15, 0.2) is 12.1 Å². The Kier molecular flexibility index (Phi) is 3.41. The first-order valence-corrected chi connectivity index (χ1v) is 4.40. The number of benzene rings is 1. The van der Waals surface area contributed by atoms with Gasteiger partial charge in [0.15, 0.2) is 5.82 Å². The molecule has 0 heterocycles. The topological polar surface area (TPSA) is 29.1 Å². The summed E-state index contributed by atoms with van der Waals surface area (Å²) >= 11 is 5.19. The Balaban J connectivity index is 3.06. The van der Waals surface area contributed by atoms with Gasteiger partial charge in [-0.1, -0.05) is 6.07 Å². The van der Waals surface area contributed by atoms with Gasteiger partial charge in [0.05, 0.1) is 0 Å². The molecule has 0 saturated heterocycles. The molecule has 0 saturated carbocycles. The van der Waals surface area contributed by atoms with Crippen LogP contribution in [0.1, 0.15) is 5.56 Å². The number of hydrogen-bond donors (Lipinski definition) is 1. The van der Waals surface area contributed by atoms with Crippen molar-refractivity contribution in [3.8, 4) is 0 Å². The van der Waals surface area contributed by atoms with Gasteiger partial charge in [-0.3, -0.25) is 4.79 Å². The third kappa shape index (κ3) is 2.20. The number of halogens is 3. The van der Waals surface area contributed by atoms with Crippen molar-refractivity contribution in [1.82, 2.24) is 0 Å². The number of carbonyl (C=O) groups is 1. The van der Waals surface area contributed by atoms with Gasteiger partial charge in [0, 0.05) is 0 Å². The first-order chi connectivity index (χ1) is 6.56. The van der Waals surface area contributed by atoms with Crippen LogP contribution in [0.2, 0.25) is 0 Å². The van der Waals surface area contributed by atoms with E-state index in [0.29, 0.717) is 0 Å². The summed E-state index contributed by atoms with van der Waals surface area (Å²) in [5.41, 5.74) is -0.188. The molecular weight excluding hydrogens is 212 g/mol. The molecule has 0 bridgehead atoms. The lowest BCUT2D eigenvalue weighted by Crippen LogP contribution is -2.15. The monoisotopic (exact) mass is 219 g/mol. The van der Waals surface area contributed by atoms with Crippen molar-refractivity contribution in [3.05, 3.63) is 29.3 Å². The summed E-state index contributed by atoms with van der Waals surface area (Å²) in [5, 5.41) is 2.05. The number of carbonyl (C=O) groups excluding carboxylic acids is 1. The first-order valence-electron chi connectivity index (χ1n) is 3.86. The molecule has 1 rings (SSSR count). The number of hydrogen-bond acceptors (Lipinski definition) is 1. The second-order valence-electron chi connectivity index (χ2n) is 2.74. The number of rotatable bonds is 2. The Bertz CT molecular complexity index is 368. The smallest absolute Gasteiger partial charge is 0.239 e. The summed E-state index contributed by atoms with van der Waals surface area (Å²) in [7, 11) is 0. The highest BCUT2D eigenvalue weighted by molar-refractivity contribution is 6.29. The third-order valence-electron chi connectivity index (χ3n) is 1.67. The summed E-state index contributed by atoms with van der Waals surface area (Å²) in [4.78, 5) is 10.8. The van der Waals surface area contributed by atoms with E-state index in [0.717, 1.165) is 6.07 Å². The number of anilines is 1. The van der Waals surface area contributed by atoms with Gasteiger partial charge in [-0.25, -0.2) is 8.78 Å². The number of alkyl halides is 1.